The molecule has 0 aliphatic carbocycles. The van der Waals surface area contributed by atoms with Crippen molar-refractivity contribution in [3.8, 4) is 0 Å². The summed E-state index contributed by atoms with van der Waals surface area (Å²) in [6, 6.07) is 16.0. The van der Waals surface area contributed by atoms with Crippen molar-refractivity contribution in [2.75, 3.05) is 10.2 Å². The molecular weight excluding hydrogens is 399 g/mol. The molecule has 8 heteroatoms. The number of nitrogens with one attached hydrogen (secondary N) is 1. The maximum atomic E-state index is 13.2. The number of hydrogen-bond donors (Lipinski definition) is 1. The van der Waals surface area contributed by atoms with Crippen molar-refractivity contribution in [3.63, 3.8) is 0 Å². The fourth-order valence-corrected chi connectivity index (χ4v) is 3.44. The van der Waals surface area contributed by atoms with Gasteiger partial charge in [0, 0.05) is 24.6 Å². The second-order valence-corrected chi connectivity index (χ2v) is 7.06. The highest BCUT2D eigenvalue weighted by Gasteiger charge is 2.46. The Morgan fingerprint density at radius 1 is 1.00 bits per heavy atom. The molecule has 1 aliphatic rings. The van der Waals surface area contributed by atoms with Crippen molar-refractivity contribution >= 4 is 29.2 Å². The minimum Gasteiger partial charge on any atom is -0.326 e. The molecule has 1 atom stereocenters. The number of halogens is 1. The first-order chi connectivity index (χ1) is 15.0. The highest BCUT2D eigenvalue weighted by Crippen LogP contribution is 2.28. The molecule has 0 unspecified atom stereocenters. The van der Waals surface area contributed by atoms with E-state index in [1.165, 1.54) is 29.2 Å². The molecule has 1 aliphatic heterocycles. The number of carbonyl (C=O) groups is 3. The van der Waals surface area contributed by atoms with Crippen LogP contribution in [-0.2, 0) is 16.1 Å². The summed E-state index contributed by atoms with van der Waals surface area (Å²) in [4.78, 5) is 45.4. The molecule has 0 bridgehead atoms. The lowest BCUT2D eigenvalue weighted by Gasteiger charge is -2.21. The summed E-state index contributed by atoms with van der Waals surface area (Å²) in [6.45, 7) is 0.135. The molecule has 0 spiro atoms. The van der Waals surface area contributed by atoms with E-state index in [9.17, 15) is 18.8 Å². The minimum atomic E-state index is -0.978. The number of imide groups is 1. The van der Waals surface area contributed by atoms with Gasteiger partial charge in [-0.1, -0.05) is 24.3 Å². The van der Waals surface area contributed by atoms with Gasteiger partial charge in [-0.15, -0.1) is 0 Å². The highest BCUT2D eigenvalue weighted by atomic mass is 19.1. The van der Waals surface area contributed by atoms with Crippen molar-refractivity contribution in [2.45, 2.75) is 19.0 Å². The molecule has 2 heterocycles. The number of amides is 4. The minimum absolute atomic E-state index is 0.135. The zero-order chi connectivity index (χ0) is 21.8. The zero-order valence-corrected chi connectivity index (χ0v) is 16.4. The number of urea groups is 1. The van der Waals surface area contributed by atoms with Gasteiger partial charge in [0.2, 0.25) is 5.91 Å². The number of aromatic nitrogens is 1. The van der Waals surface area contributed by atoms with Gasteiger partial charge in [-0.25, -0.2) is 14.1 Å². The normalized spacial score (nSPS) is 16.0. The van der Waals surface area contributed by atoms with Crippen molar-refractivity contribution < 1.29 is 18.8 Å². The van der Waals surface area contributed by atoms with Gasteiger partial charge in [0.05, 0.1) is 12.1 Å². The first-order valence-corrected chi connectivity index (χ1v) is 9.67. The van der Waals surface area contributed by atoms with E-state index in [0.29, 0.717) is 11.4 Å². The predicted molar refractivity (Wildman–Crippen MR) is 113 cm³/mol. The Balaban J connectivity index is 1.58. The summed E-state index contributed by atoms with van der Waals surface area (Å²) in [5, 5.41) is 2.64. The summed E-state index contributed by atoms with van der Waals surface area (Å²) < 4.78 is 13.1. The van der Waals surface area contributed by atoms with Crippen LogP contribution in [0.5, 0.6) is 0 Å². The third kappa shape index (κ3) is 4.42. The standard InChI is InChI=1S/C23H19FN4O3/c24-17-8-10-18(11-9-17)26-21(29)13-20-22(30)28(19-6-2-1-3-7-19)23(31)27(20)15-16-5-4-12-25-14-16/h1-12,14,20H,13,15H2,(H,26,29)/t20-/m1/s1. The van der Waals surface area contributed by atoms with E-state index >= 15 is 0 Å². The second kappa shape index (κ2) is 8.74. The SMILES string of the molecule is O=C(C[C@@H]1C(=O)N(c2ccccc2)C(=O)N1Cc1cccnc1)Nc1ccc(F)cc1. The van der Waals surface area contributed by atoms with Crippen LogP contribution in [0.25, 0.3) is 0 Å². The van der Waals surface area contributed by atoms with Crippen molar-refractivity contribution in [1.82, 2.24) is 9.88 Å². The van der Waals surface area contributed by atoms with Crippen LogP contribution in [0.4, 0.5) is 20.6 Å². The van der Waals surface area contributed by atoms with Gasteiger partial charge < -0.3 is 10.2 Å². The molecule has 7 nitrogen and oxygen atoms in total. The highest BCUT2D eigenvalue weighted by molar-refractivity contribution is 6.22. The van der Waals surface area contributed by atoms with Crippen LogP contribution >= 0.6 is 0 Å². The van der Waals surface area contributed by atoms with E-state index in [2.05, 4.69) is 10.3 Å². The van der Waals surface area contributed by atoms with Gasteiger partial charge in [0.1, 0.15) is 11.9 Å². The average Bonchev–Trinajstić information content (AvgIpc) is 3.00. The smallest absolute Gasteiger partial charge is 0.326 e. The average molecular weight is 418 g/mol. The number of pyridine rings is 1. The molecule has 1 aromatic heterocycles. The maximum absolute atomic E-state index is 13.2. The van der Waals surface area contributed by atoms with Crippen LogP contribution < -0.4 is 10.2 Å². The van der Waals surface area contributed by atoms with Gasteiger partial charge in [-0.3, -0.25) is 14.6 Å². The first kappa shape index (κ1) is 20.2. The molecular formula is C23H19FN4O3. The summed E-state index contributed by atoms with van der Waals surface area (Å²) in [5.41, 5.74) is 1.58. The van der Waals surface area contributed by atoms with E-state index in [0.717, 1.165) is 10.5 Å². The van der Waals surface area contributed by atoms with E-state index in [-0.39, 0.29) is 13.0 Å². The van der Waals surface area contributed by atoms with Crippen LogP contribution in [-0.4, -0.2) is 33.8 Å². The largest absolute Gasteiger partial charge is 0.332 e. The Hall–Kier alpha value is -4.07. The third-order valence-corrected chi connectivity index (χ3v) is 4.92. The van der Waals surface area contributed by atoms with Gasteiger partial charge in [-0.2, -0.15) is 0 Å². The molecule has 156 valence electrons. The van der Waals surface area contributed by atoms with Crippen LogP contribution in [0.1, 0.15) is 12.0 Å². The molecule has 1 fully saturated rings. The Labute approximate surface area is 178 Å². The molecule has 3 aromatic rings. The van der Waals surface area contributed by atoms with Gasteiger partial charge in [-0.05, 0) is 48.0 Å². The van der Waals surface area contributed by atoms with E-state index in [1.54, 1.807) is 54.9 Å². The monoisotopic (exact) mass is 418 g/mol. The Bertz CT molecular complexity index is 1090. The molecule has 1 N–H and O–H groups in total. The fourth-order valence-electron chi connectivity index (χ4n) is 3.44. The van der Waals surface area contributed by atoms with Crippen molar-refractivity contribution in [1.29, 1.82) is 0 Å². The second-order valence-electron chi connectivity index (χ2n) is 7.06. The summed E-state index contributed by atoms with van der Waals surface area (Å²) in [5.74, 6) is -1.35. The molecule has 2 aromatic carbocycles. The third-order valence-electron chi connectivity index (χ3n) is 4.92. The van der Waals surface area contributed by atoms with Crippen LogP contribution in [0.2, 0.25) is 0 Å². The van der Waals surface area contributed by atoms with Gasteiger partial charge in [0.25, 0.3) is 5.91 Å². The number of para-hydroxylation sites is 1. The summed E-state index contributed by atoms with van der Waals surface area (Å²) >= 11 is 0. The lowest BCUT2D eigenvalue weighted by molar-refractivity contribution is -0.124. The zero-order valence-electron chi connectivity index (χ0n) is 16.4. The van der Waals surface area contributed by atoms with Gasteiger partial charge in [0.15, 0.2) is 0 Å². The van der Waals surface area contributed by atoms with E-state index in [1.807, 2.05) is 0 Å². The number of carbonyl (C=O) groups excluding carboxylic acids is 3. The fraction of sp³-hybridized carbons (Fsp3) is 0.130. The molecule has 31 heavy (non-hydrogen) atoms. The topological polar surface area (TPSA) is 82.6 Å². The molecule has 0 radical (unpaired) electrons. The predicted octanol–water partition coefficient (Wildman–Crippen LogP) is 3.59. The molecule has 4 amide bonds. The summed E-state index contributed by atoms with van der Waals surface area (Å²) in [7, 11) is 0. The number of benzene rings is 2. The van der Waals surface area contributed by atoms with E-state index < -0.39 is 29.7 Å². The van der Waals surface area contributed by atoms with Crippen LogP contribution in [0.15, 0.2) is 79.1 Å². The maximum Gasteiger partial charge on any atom is 0.332 e. The molecule has 4 rings (SSSR count). The van der Waals surface area contributed by atoms with Gasteiger partial charge >= 0.3 is 6.03 Å². The Morgan fingerprint density at radius 2 is 1.74 bits per heavy atom. The van der Waals surface area contributed by atoms with Crippen LogP contribution in [0, 0.1) is 5.82 Å². The lowest BCUT2D eigenvalue weighted by Crippen LogP contribution is -2.37. The number of rotatable bonds is 6. The Kier molecular flexibility index (Phi) is 5.70. The van der Waals surface area contributed by atoms with Crippen molar-refractivity contribution in [2.24, 2.45) is 0 Å². The van der Waals surface area contributed by atoms with E-state index in [4.69, 9.17) is 0 Å². The number of anilines is 2. The molecule has 1 saturated heterocycles. The quantitative estimate of drug-likeness (QED) is 0.621. The number of hydrogen-bond acceptors (Lipinski definition) is 4. The Morgan fingerprint density at radius 3 is 2.42 bits per heavy atom. The van der Waals surface area contributed by atoms with Crippen molar-refractivity contribution in [3.05, 3.63) is 90.5 Å². The summed E-state index contributed by atoms with van der Waals surface area (Å²) in [6.07, 6.45) is 2.99. The number of nitrogens with zero attached hydrogens (tertiary/aromatic N) is 3. The van der Waals surface area contributed by atoms with Crippen LogP contribution in [0.3, 0.4) is 0 Å². The molecule has 0 saturated carbocycles. The first-order valence-electron chi connectivity index (χ1n) is 9.67. The lowest BCUT2D eigenvalue weighted by atomic mass is 10.1.